The summed E-state index contributed by atoms with van der Waals surface area (Å²) in [5, 5.41) is 6.64. The van der Waals surface area contributed by atoms with E-state index in [1.165, 1.54) is 5.56 Å². The molecule has 1 aromatic heterocycles. The predicted molar refractivity (Wildman–Crippen MR) is 147 cm³/mol. The smallest absolute Gasteiger partial charge is 0.227 e. The number of nitrogens with zero attached hydrogens (tertiary/aromatic N) is 3. The number of halogens is 1. The Balaban J connectivity index is 0.00000324. The van der Waals surface area contributed by atoms with E-state index >= 15 is 0 Å². The average molecular weight is 573 g/mol. The highest BCUT2D eigenvalue weighted by molar-refractivity contribution is 14.0. The molecule has 0 spiro atoms. The summed E-state index contributed by atoms with van der Waals surface area (Å²) < 4.78 is 5.64. The first kappa shape index (κ1) is 25.7. The molecule has 1 saturated heterocycles. The van der Waals surface area contributed by atoms with E-state index in [0.717, 1.165) is 54.4 Å². The van der Waals surface area contributed by atoms with Crippen LogP contribution in [-0.4, -0.2) is 36.5 Å². The number of aryl methyl sites for hydroxylation is 1. The maximum atomic E-state index is 11.9. The number of hydrogen-bond donors (Lipinski definition) is 2. The Bertz CT molecular complexity index is 1090. The zero-order valence-corrected chi connectivity index (χ0v) is 22.0. The third kappa shape index (κ3) is 6.82. The van der Waals surface area contributed by atoms with Crippen LogP contribution in [0.4, 0.5) is 5.69 Å². The number of benzene rings is 2. The third-order valence-electron chi connectivity index (χ3n) is 5.61. The van der Waals surface area contributed by atoms with Gasteiger partial charge in [0.15, 0.2) is 5.96 Å². The van der Waals surface area contributed by atoms with Gasteiger partial charge in [-0.05, 0) is 50.1 Å². The summed E-state index contributed by atoms with van der Waals surface area (Å²) in [5.41, 5.74) is 5.16. The van der Waals surface area contributed by atoms with Gasteiger partial charge in [0.05, 0.1) is 12.2 Å². The highest BCUT2D eigenvalue weighted by atomic mass is 127. The van der Waals surface area contributed by atoms with Crippen molar-refractivity contribution in [2.24, 2.45) is 4.99 Å². The van der Waals surface area contributed by atoms with Crippen LogP contribution in [0.3, 0.4) is 0 Å². The van der Waals surface area contributed by atoms with Crippen molar-refractivity contribution >= 4 is 41.5 Å². The predicted octanol–water partition coefficient (Wildman–Crippen LogP) is 4.69. The van der Waals surface area contributed by atoms with Crippen LogP contribution >= 0.6 is 24.0 Å². The molecule has 1 fully saturated rings. The number of aromatic nitrogens is 1. The second-order valence-electron chi connectivity index (χ2n) is 8.20. The maximum absolute atomic E-state index is 11.9. The summed E-state index contributed by atoms with van der Waals surface area (Å²) in [6.45, 7) is 6.95. The molecule has 7 nitrogen and oxygen atoms in total. The number of amides is 1. The molecule has 0 atom stereocenters. The van der Waals surface area contributed by atoms with Gasteiger partial charge >= 0.3 is 0 Å². The highest BCUT2D eigenvalue weighted by Gasteiger charge is 2.21. The summed E-state index contributed by atoms with van der Waals surface area (Å²) in [5.74, 6) is 1.61. The lowest BCUT2D eigenvalue weighted by atomic mass is 10.1. The Hall–Kier alpha value is -2.88. The van der Waals surface area contributed by atoms with Crippen LogP contribution < -0.4 is 15.5 Å². The van der Waals surface area contributed by atoms with Gasteiger partial charge < -0.3 is 20.0 Å². The summed E-state index contributed by atoms with van der Waals surface area (Å²) in [4.78, 5) is 23.1. The number of hydrogen-bond acceptors (Lipinski definition) is 4. The molecule has 1 amide bonds. The van der Waals surface area contributed by atoms with Gasteiger partial charge in [-0.2, -0.15) is 0 Å². The first-order chi connectivity index (χ1) is 16.1. The molecule has 34 heavy (non-hydrogen) atoms. The minimum absolute atomic E-state index is 0. The molecule has 1 aliphatic heterocycles. The van der Waals surface area contributed by atoms with Crippen LogP contribution in [0.5, 0.6) is 0 Å². The Labute approximate surface area is 218 Å². The van der Waals surface area contributed by atoms with Gasteiger partial charge in [-0.1, -0.05) is 29.8 Å². The molecule has 0 aliphatic carbocycles. The van der Waals surface area contributed by atoms with E-state index in [1.54, 1.807) is 6.26 Å². The Kier molecular flexibility index (Phi) is 9.50. The van der Waals surface area contributed by atoms with Gasteiger partial charge in [0.2, 0.25) is 11.8 Å². The van der Waals surface area contributed by atoms with Crippen molar-refractivity contribution in [3.8, 4) is 11.5 Å². The van der Waals surface area contributed by atoms with E-state index in [1.807, 2.05) is 48.2 Å². The van der Waals surface area contributed by atoms with E-state index in [4.69, 9.17) is 4.42 Å². The van der Waals surface area contributed by atoms with Crippen molar-refractivity contribution < 1.29 is 9.21 Å². The fourth-order valence-electron chi connectivity index (χ4n) is 3.77. The Morgan fingerprint density at radius 1 is 1.12 bits per heavy atom. The zero-order chi connectivity index (χ0) is 23.0. The van der Waals surface area contributed by atoms with Crippen LogP contribution in [0.25, 0.3) is 11.5 Å². The van der Waals surface area contributed by atoms with Crippen molar-refractivity contribution in [3.63, 3.8) is 0 Å². The van der Waals surface area contributed by atoms with Crippen molar-refractivity contribution in [2.45, 2.75) is 39.7 Å². The second-order valence-corrected chi connectivity index (χ2v) is 8.20. The van der Waals surface area contributed by atoms with E-state index in [-0.39, 0.29) is 29.9 Å². The van der Waals surface area contributed by atoms with Crippen molar-refractivity contribution in [2.75, 3.05) is 24.5 Å². The van der Waals surface area contributed by atoms with E-state index in [9.17, 15) is 4.79 Å². The van der Waals surface area contributed by atoms with Crippen LogP contribution in [0.1, 0.15) is 36.6 Å². The van der Waals surface area contributed by atoms with Crippen molar-refractivity contribution in [1.82, 2.24) is 15.6 Å². The molecule has 2 heterocycles. The zero-order valence-electron chi connectivity index (χ0n) is 19.7. The SMILES string of the molecule is CCNC(=NCc1ccc(N2CCCC2=O)cc1)NCCc1coc(-c2ccc(C)cc2)n1.I. The molecule has 1 aliphatic rings. The van der Waals surface area contributed by atoms with Gasteiger partial charge in [-0.3, -0.25) is 4.79 Å². The number of aliphatic imine (C=N–C) groups is 1. The van der Waals surface area contributed by atoms with Gasteiger partial charge in [0.1, 0.15) is 6.26 Å². The summed E-state index contributed by atoms with van der Waals surface area (Å²) in [6, 6.07) is 16.2. The fraction of sp³-hybridized carbons (Fsp3) is 0.346. The number of rotatable bonds is 8. The number of carbonyl (C=O) groups is 1. The quantitative estimate of drug-likeness (QED) is 0.232. The Morgan fingerprint density at radius 3 is 2.56 bits per heavy atom. The number of nitrogens with one attached hydrogen (secondary N) is 2. The lowest BCUT2D eigenvalue weighted by Gasteiger charge is -2.15. The lowest BCUT2D eigenvalue weighted by molar-refractivity contribution is -0.117. The molecule has 180 valence electrons. The average Bonchev–Trinajstić information content (AvgIpc) is 3.47. The molecule has 0 bridgehead atoms. The molecule has 8 heteroatoms. The van der Waals surface area contributed by atoms with Crippen LogP contribution in [0, 0.1) is 6.92 Å². The molecule has 0 unspecified atom stereocenters. The van der Waals surface area contributed by atoms with Crippen LogP contribution in [0.15, 0.2) is 64.2 Å². The number of carbonyl (C=O) groups excluding carboxylic acids is 1. The van der Waals surface area contributed by atoms with Gasteiger partial charge in [-0.25, -0.2) is 9.98 Å². The largest absolute Gasteiger partial charge is 0.444 e. The number of guanidine groups is 1. The Morgan fingerprint density at radius 2 is 1.88 bits per heavy atom. The summed E-state index contributed by atoms with van der Waals surface area (Å²) in [7, 11) is 0. The monoisotopic (exact) mass is 573 g/mol. The molecular formula is C26H32IN5O2. The standard InChI is InChI=1S/C26H31N5O2.HI/c1-3-27-26(29-17-20-8-12-23(13-9-20)31-16-4-5-24(31)32)28-15-14-22-18-33-25(30-22)21-10-6-19(2)7-11-21;/h6-13,18H,3-5,14-17H2,1-2H3,(H2,27,28,29);1H. The van der Waals surface area contributed by atoms with Crippen LogP contribution in [-0.2, 0) is 17.8 Å². The maximum Gasteiger partial charge on any atom is 0.227 e. The number of anilines is 1. The highest BCUT2D eigenvalue weighted by Crippen LogP contribution is 2.22. The van der Waals surface area contributed by atoms with Crippen LogP contribution in [0.2, 0.25) is 0 Å². The second kappa shape index (κ2) is 12.5. The van der Waals surface area contributed by atoms with E-state index < -0.39 is 0 Å². The first-order valence-corrected chi connectivity index (χ1v) is 11.6. The molecule has 2 aromatic carbocycles. The minimum atomic E-state index is 0. The normalized spacial score (nSPS) is 13.6. The van der Waals surface area contributed by atoms with Gasteiger partial charge in [0.25, 0.3) is 0 Å². The van der Waals surface area contributed by atoms with Crippen molar-refractivity contribution in [1.29, 1.82) is 0 Å². The number of oxazole rings is 1. The topological polar surface area (TPSA) is 82.8 Å². The summed E-state index contributed by atoms with van der Waals surface area (Å²) >= 11 is 0. The summed E-state index contributed by atoms with van der Waals surface area (Å²) in [6.07, 6.45) is 4.03. The molecule has 0 saturated carbocycles. The van der Waals surface area contributed by atoms with Gasteiger partial charge in [0, 0.05) is 43.7 Å². The molecule has 3 aromatic rings. The molecule has 2 N–H and O–H groups in total. The van der Waals surface area contributed by atoms with E-state index in [0.29, 0.717) is 25.4 Å². The lowest BCUT2D eigenvalue weighted by Crippen LogP contribution is -2.38. The third-order valence-corrected chi connectivity index (χ3v) is 5.61. The minimum Gasteiger partial charge on any atom is -0.444 e. The first-order valence-electron chi connectivity index (χ1n) is 11.6. The van der Waals surface area contributed by atoms with Gasteiger partial charge in [-0.15, -0.1) is 24.0 Å². The molecule has 0 radical (unpaired) electrons. The molecular weight excluding hydrogens is 541 g/mol. The van der Waals surface area contributed by atoms with Crippen molar-refractivity contribution in [3.05, 3.63) is 71.6 Å². The fourth-order valence-corrected chi connectivity index (χ4v) is 3.77. The van der Waals surface area contributed by atoms with E-state index in [2.05, 4.69) is 39.7 Å². The molecule has 4 rings (SSSR count).